The first kappa shape index (κ1) is 16.4. The Labute approximate surface area is 106 Å². The van der Waals surface area contributed by atoms with Crippen molar-refractivity contribution in [3.05, 3.63) is 0 Å². The third kappa shape index (κ3) is 5.07. The van der Waals surface area contributed by atoms with E-state index in [1.807, 2.05) is 13.8 Å². The molecule has 2 fully saturated rings. The molecule has 0 aromatic rings. The summed E-state index contributed by atoms with van der Waals surface area (Å²) in [6, 6.07) is 0.495. The van der Waals surface area contributed by atoms with Gasteiger partial charge in [0, 0.05) is 26.1 Å². The van der Waals surface area contributed by atoms with Crippen molar-refractivity contribution >= 4 is 5.91 Å². The van der Waals surface area contributed by atoms with Gasteiger partial charge in [-0.05, 0) is 38.0 Å². The van der Waals surface area contributed by atoms with Crippen LogP contribution < -0.4 is 0 Å². The zero-order chi connectivity index (χ0) is 13.5. The van der Waals surface area contributed by atoms with Gasteiger partial charge >= 0.3 is 0 Å². The first-order valence-electron chi connectivity index (χ1n) is 6.85. The van der Waals surface area contributed by atoms with Crippen molar-refractivity contribution in [2.45, 2.75) is 65.8 Å². The van der Waals surface area contributed by atoms with Gasteiger partial charge in [-0.2, -0.15) is 0 Å². The van der Waals surface area contributed by atoms with Crippen molar-refractivity contribution < 1.29 is 9.90 Å². The topological polar surface area (TPSA) is 40.5 Å². The summed E-state index contributed by atoms with van der Waals surface area (Å²) >= 11 is 0. The highest BCUT2D eigenvalue weighted by atomic mass is 16.2. The fourth-order valence-electron chi connectivity index (χ4n) is 2.16. The molecule has 17 heavy (non-hydrogen) atoms. The van der Waals surface area contributed by atoms with Gasteiger partial charge in [-0.25, -0.2) is 0 Å². The van der Waals surface area contributed by atoms with E-state index in [-0.39, 0.29) is 0 Å². The van der Waals surface area contributed by atoms with Crippen LogP contribution in [0.4, 0.5) is 0 Å². The molecule has 0 aromatic carbocycles. The summed E-state index contributed by atoms with van der Waals surface area (Å²) in [6.45, 7) is 9.39. The van der Waals surface area contributed by atoms with Crippen molar-refractivity contribution in [2.75, 3.05) is 13.7 Å². The number of hydrogen-bond donors (Lipinski definition) is 1. The Hall–Kier alpha value is -0.570. The maximum absolute atomic E-state index is 11.8. The molecular formula is C14H29NO2. The second-order valence-electron chi connectivity index (χ2n) is 5.07. The number of aliphatic hydroxyl groups is 1. The predicted octanol–water partition coefficient (Wildman–Crippen LogP) is 2.82. The molecule has 2 aliphatic rings. The first-order chi connectivity index (χ1) is 8.11. The highest BCUT2D eigenvalue weighted by Gasteiger charge is 2.41. The molecule has 1 saturated carbocycles. The quantitative estimate of drug-likeness (QED) is 0.810. The molecular weight excluding hydrogens is 214 g/mol. The minimum Gasteiger partial charge on any atom is -0.400 e. The molecule has 0 spiro atoms. The van der Waals surface area contributed by atoms with E-state index >= 15 is 0 Å². The summed E-state index contributed by atoms with van der Waals surface area (Å²) < 4.78 is 0. The normalized spacial score (nSPS) is 24.1. The van der Waals surface area contributed by atoms with Gasteiger partial charge < -0.3 is 10.0 Å². The number of nitrogens with zero attached hydrogens (tertiary/aromatic N) is 1. The Kier molecular flexibility index (Phi) is 7.44. The lowest BCUT2D eigenvalue weighted by Crippen LogP contribution is -2.34. The lowest BCUT2D eigenvalue weighted by atomic mass is 10.0. The molecule has 102 valence electrons. The third-order valence-corrected chi connectivity index (χ3v) is 3.55. The van der Waals surface area contributed by atoms with Crippen molar-refractivity contribution in [1.82, 2.24) is 4.90 Å². The first-order valence-corrected chi connectivity index (χ1v) is 6.85. The number of carbonyl (C=O) groups is 1. The molecule has 0 radical (unpaired) electrons. The van der Waals surface area contributed by atoms with Crippen LogP contribution in [0.5, 0.6) is 0 Å². The van der Waals surface area contributed by atoms with E-state index in [4.69, 9.17) is 5.11 Å². The number of aliphatic hydroxyl groups excluding tert-OH is 1. The summed E-state index contributed by atoms with van der Waals surface area (Å²) in [4.78, 5) is 13.9. The molecule has 1 saturated heterocycles. The summed E-state index contributed by atoms with van der Waals surface area (Å²) in [5.41, 5.74) is 0.374. The van der Waals surface area contributed by atoms with Crippen LogP contribution in [0.2, 0.25) is 0 Å². The fraction of sp³-hybridized carbons (Fsp3) is 0.929. The molecule has 1 heterocycles. The number of hydrogen-bond acceptors (Lipinski definition) is 2. The van der Waals surface area contributed by atoms with Gasteiger partial charge in [0.1, 0.15) is 0 Å². The van der Waals surface area contributed by atoms with Gasteiger partial charge in [0.15, 0.2) is 0 Å². The van der Waals surface area contributed by atoms with Crippen LogP contribution in [-0.2, 0) is 4.79 Å². The lowest BCUT2D eigenvalue weighted by molar-refractivity contribution is -0.132. The van der Waals surface area contributed by atoms with Crippen LogP contribution in [0.15, 0.2) is 0 Å². The molecule has 1 atom stereocenters. The summed E-state index contributed by atoms with van der Waals surface area (Å²) in [5.74, 6) is 0.394. The molecule has 0 bridgehead atoms. The zero-order valence-electron chi connectivity index (χ0n) is 12.1. The summed E-state index contributed by atoms with van der Waals surface area (Å²) in [6.07, 6.45) is 5.69. The molecule has 1 amide bonds. The molecule has 2 rings (SSSR count). The van der Waals surface area contributed by atoms with Gasteiger partial charge in [-0.3, -0.25) is 4.79 Å². The second-order valence-corrected chi connectivity index (χ2v) is 5.07. The Morgan fingerprint density at radius 1 is 1.35 bits per heavy atom. The average Bonchev–Trinajstić information content (AvgIpc) is 2.91. The van der Waals surface area contributed by atoms with Crippen LogP contribution in [0.1, 0.15) is 59.8 Å². The van der Waals surface area contributed by atoms with Gasteiger partial charge in [-0.1, -0.05) is 20.8 Å². The van der Waals surface area contributed by atoms with Crippen molar-refractivity contribution in [2.24, 2.45) is 5.41 Å². The van der Waals surface area contributed by atoms with Crippen molar-refractivity contribution in [3.8, 4) is 0 Å². The Morgan fingerprint density at radius 3 is 2.24 bits per heavy atom. The number of rotatable bonds is 2. The van der Waals surface area contributed by atoms with Crippen molar-refractivity contribution in [1.29, 1.82) is 0 Å². The van der Waals surface area contributed by atoms with Gasteiger partial charge in [0.2, 0.25) is 5.91 Å². The minimum absolute atomic E-state index is 0.374. The van der Waals surface area contributed by atoms with E-state index in [0.29, 0.717) is 17.4 Å². The van der Waals surface area contributed by atoms with Crippen LogP contribution >= 0.6 is 0 Å². The Morgan fingerprint density at radius 2 is 1.88 bits per heavy atom. The summed E-state index contributed by atoms with van der Waals surface area (Å²) in [7, 11) is 1.00. The Bertz CT molecular complexity index is 224. The highest BCUT2D eigenvalue weighted by Crippen LogP contribution is 2.48. The Balaban J connectivity index is 0.000000581. The largest absolute Gasteiger partial charge is 0.400 e. The lowest BCUT2D eigenvalue weighted by Gasteiger charge is -2.23. The molecule has 1 aliphatic heterocycles. The molecule has 1 N–H and O–H groups in total. The molecule has 1 unspecified atom stereocenters. The van der Waals surface area contributed by atoms with E-state index in [9.17, 15) is 4.79 Å². The van der Waals surface area contributed by atoms with Crippen LogP contribution in [0.3, 0.4) is 0 Å². The molecule has 3 heteroatoms. The SMILES string of the molecule is CC.CC1CCCN1C(=O)CC1(C)CC1.CO. The smallest absolute Gasteiger partial charge is 0.223 e. The predicted molar refractivity (Wildman–Crippen MR) is 71.9 cm³/mol. The van der Waals surface area contributed by atoms with Gasteiger partial charge in [-0.15, -0.1) is 0 Å². The van der Waals surface area contributed by atoms with Gasteiger partial charge in [0.05, 0.1) is 0 Å². The van der Waals surface area contributed by atoms with Crippen LogP contribution in [0.25, 0.3) is 0 Å². The van der Waals surface area contributed by atoms with E-state index in [2.05, 4.69) is 18.7 Å². The van der Waals surface area contributed by atoms with Crippen molar-refractivity contribution in [3.63, 3.8) is 0 Å². The maximum atomic E-state index is 11.8. The monoisotopic (exact) mass is 243 g/mol. The van der Waals surface area contributed by atoms with E-state index in [1.54, 1.807) is 0 Å². The second kappa shape index (κ2) is 7.70. The van der Waals surface area contributed by atoms with E-state index in [1.165, 1.54) is 25.7 Å². The number of carbonyl (C=O) groups excluding carboxylic acids is 1. The number of likely N-dealkylation sites (tertiary alicyclic amines) is 1. The van der Waals surface area contributed by atoms with E-state index < -0.39 is 0 Å². The van der Waals surface area contributed by atoms with Crippen LogP contribution in [0, 0.1) is 5.41 Å². The fourth-order valence-corrected chi connectivity index (χ4v) is 2.16. The maximum Gasteiger partial charge on any atom is 0.223 e. The third-order valence-electron chi connectivity index (χ3n) is 3.55. The standard InChI is InChI=1S/C11H19NO.C2H6.CH4O/c1-9-4-3-7-12(9)10(13)8-11(2)5-6-11;2*1-2/h9H,3-8H2,1-2H3;1-2H3;2H,1H3. The summed E-state index contributed by atoms with van der Waals surface area (Å²) in [5, 5.41) is 7.00. The number of amides is 1. The highest BCUT2D eigenvalue weighted by molar-refractivity contribution is 5.77. The zero-order valence-corrected chi connectivity index (χ0v) is 12.1. The minimum atomic E-state index is 0.374. The van der Waals surface area contributed by atoms with Crippen LogP contribution in [-0.4, -0.2) is 35.6 Å². The van der Waals surface area contributed by atoms with Gasteiger partial charge in [0.25, 0.3) is 0 Å². The molecule has 1 aliphatic carbocycles. The molecule has 3 nitrogen and oxygen atoms in total. The average molecular weight is 243 g/mol. The van der Waals surface area contributed by atoms with E-state index in [0.717, 1.165) is 20.1 Å². The molecule has 0 aromatic heterocycles.